The normalized spacial score (nSPS) is 31.8. The highest BCUT2D eigenvalue weighted by Gasteiger charge is 2.45. The van der Waals surface area contributed by atoms with E-state index in [1.165, 1.54) is 7.11 Å². The molecule has 0 spiro atoms. The minimum atomic E-state index is -0.927. The molecule has 1 unspecified atom stereocenters. The summed E-state index contributed by atoms with van der Waals surface area (Å²) in [5.74, 6) is -0.331. The molecule has 0 aromatic heterocycles. The van der Waals surface area contributed by atoms with Crippen LogP contribution in [0.15, 0.2) is 0 Å². The minimum Gasteiger partial charge on any atom is -0.468 e. The molecule has 0 radical (unpaired) electrons. The van der Waals surface area contributed by atoms with Gasteiger partial charge in [0.05, 0.1) is 7.11 Å². The third-order valence-corrected chi connectivity index (χ3v) is 3.31. The fraction of sp³-hybridized carbons (Fsp3) is 0.889. The van der Waals surface area contributed by atoms with Gasteiger partial charge in [-0.15, -0.1) is 0 Å². The van der Waals surface area contributed by atoms with Gasteiger partial charge >= 0.3 is 5.97 Å². The molecule has 2 atom stereocenters. The molecule has 82 valence electrons. The fourth-order valence-electron chi connectivity index (χ4n) is 1.84. The molecular weight excluding hydrogens is 300 g/mol. The van der Waals surface area contributed by atoms with E-state index in [4.69, 9.17) is 4.74 Å². The summed E-state index contributed by atoms with van der Waals surface area (Å²) in [5.41, 5.74) is -0.765. The van der Waals surface area contributed by atoms with Crippen molar-refractivity contribution in [2.24, 2.45) is 0 Å². The molecule has 0 saturated carbocycles. The van der Waals surface area contributed by atoms with Crippen LogP contribution in [0, 0.1) is 0 Å². The number of methoxy groups -OCH3 is 1. The summed E-state index contributed by atoms with van der Waals surface area (Å²) in [6.07, 6.45) is 0.873. The van der Waals surface area contributed by atoms with Gasteiger partial charge in [-0.1, -0.05) is 22.6 Å². The summed E-state index contributed by atoms with van der Waals surface area (Å²) >= 11 is 2.25. The smallest absolute Gasteiger partial charge is 0.326 e. The topological polar surface area (TPSA) is 38.3 Å². The lowest BCUT2D eigenvalue weighted by Gasteiger charge is -2.25. The zero-order chi connectivity index (χ0) is 10.6. The third-order valence-electron chi connectivity index (χ3n) is 2.55. The summed E-state index contributed by atoms with van der Waals surface area (Å²) < 4.78 is 18.8. The molecule has 1 fully saturated rings. The van der Waals surface area contributed by atoms with Crippen LogP contribution >= 0.6 is 22.6 Å². The van der Waals surface area contributed by atoms with Crippen molar-refractivity contribution in [1.29, 1.82) is 0 Å². The molecule has 1 saturated heterocycles. The number of nitrogens with one attached hydrogen (secondary N) is 1. The Labute approximate surface area is 96.9 Å². The molecule has 1 N–H and O–H groups in total. The van der Waals surface area contributed by atoms with Gasteiger partial charge in [-0.2, -0.15) is 0 Å². The van der Waals surface area contributed by atoms with Gasteiger partial charge in [-0.3, -0.25) is 10.1 Å². The van der Waals surface area contributed by atoms with Crippen LogP contribution in [-0.4, -0.2) is 35.8 Å². The molecule has 1 aliphatic rings. The van der Waals surface area contributed by atoms with Crippen molar-refractivity contribution in [2.75, 3.05) is 18.1 Å². The lowest BCUT2D eigenvalue weighted by molar-refractivity contribution is -0.148. The quantitative estimate of drug-likeness (QED) is 0.485. The molecule has 1 heterocycles. The van der Waals surface area contributed by atoms with E-state index >= 15 is 0 Å². The molecule has 1 aliphatic heterocycles. The molecule has 5 heteroatoms. The summed E-state index contributed by atoms with van der Waals surface area (Å²) in [5, 5.41) is 2.95. The summed E-state index contributed by atoms with van der Waals surface area (Å²) in [7, 11) is 1.35. The maximum absolute atomic E-state index is 13.1. The van der Waals surface area contributed by atoms with E-state index in [-0.39, 0.29) is 18.9 Å². The van der Waals surface area contributed by atoms with Gasteiger partial charge in [0, 0.05) is 13.0 Å². The van der Waals surface area contributed by atoms with Crippen molar-refractivity contribution in [3.63, 3.8) is 0 Å². The summed E-state index contributed by atoms with van der Waals surface area (Å²) in [4.78, 5) is 11.5. The average molecular weight is 315 g/mol. The number of hydrogen-bond donors (Lipinski definition) is 1. The van der Waals surface area contributed by atoms with Gasteiger partial charge in [0.2, 0.25) is 0 Å². The van der Waals surface area contributed by atoms with Gasteiger partial charge in [0.25, 0.3) is 0 Å². The van der Waals surface area contributed by atoms with Crippen LogP contribution in [0.1, 0.15) is 19.3 Å². The van der Waals surface area contributed by atoms with E-state index < -0.39 is 11.7 Å². The first-order chi connectivity index (χ1) is 6.64. The van der Waals surface area contributed by atoms with Crippen LogP contribution < -0.4 is 5.32 Å². The van der Waals surface area contributed by atoms with E-state index in [1.807, 2.05) is 0 Å². The first kappa shape index (κ1) is 12.2. The van der Waals surface area contributed by atoms with Crippen LogP contribution in [0.25, 0.3) is 0 Å². The number of carbonyl (C=O) groups excluding carboxylic acids is 1. The van der Waals surface area contributed by atoms with E-state index in [0.29, 0.717) is 6.42 Å². The number of hydrogen-bond acceptors (Lipinski definition) is 3. The second-order valence-corrected chi connectivity index (χ2v) is 4.63. The van der Waals surface area contributed by atoms with E-state index in [2.05, 4.69) is 27.9 Å². The van der Waals surface area contributed by atoms with Gasteiger partial charge in [0.1, 0.15) is 11.7 Å². The molecule has 0 aromatic carbocycles. The molecule has 0 bridgehead atoms. The van der Waals surface area contributed by atoms with E-state index in [9.17, 15) is 9.18 Å². The first-order valence-corrected chi connectivity index (χ1v) is 6.20. The predicted molar refractivity (Wildman–Crippen MR) is 60.4 cm³/mol. The first-order valence-electron chi connectivity index (χ1n) is 4.68. The van der Waals surface area contributed by atoms with Gasteiger partial charge in [-0.25, -0.2) is 4.39 Å². The highest BCUT2D eigenvalue weighted by molar-refractivity contribution is 14.1. The Balaban J connectivity index is 2.65. The highest BCUT2D eigenvalue weighted by atomic mass is 127. The lowest BCUT2D eigenvalue weighted by Crippen LogP contribution is -2.48. The van der Waals surface area contributed by atoms with Crippen molar-refractivity contribution in [1.82, 2.24) is 5.32 Å². The van der Waals surface area contributed by atoms with Crippen molar-refractivity contribution < 1.29 is 13.9 Å². The second kappa shape index (κ2) is 5.25. The van der Waals surface area contributed by atoms with Gasteiger partial charge < -0.3 is 4.74 Å². The fourth-order valence-corrected chi connectivity index (χ4v) is 2.22. The van der Waals surface area contributed by atoms with Crippen molar-refractivity contribution in [2.45, 2.75) is 31.0 Å². The largest absolute Gasteiger partial charge is 0.468 e. The number of alkyl halides is 2. The van der Waals surface area contributed by atoms with Crippen LogP contribution in [-0.2, 0) is 9.53 Å². The minimum absolute atomic E-state index is 0.246. The second-order valence-electron chi connectivity index (χ2n) is 3.55. The molecule has 0 amide bonds. The monoisotopic (exact) mass is 315 g/mol. The number of carbonyl (C=O) groups is 1. The van der Waals surface area contributed by atoms with Crippen molar-refractivity contribution in [3.05, 3.63) is 0 Å². The zero-order valence-corrected chi connectivity index (χ0v) is 10.3. The SMILES string of the molecule is COC(=O)[C@]1(CCCI)CC(F)CN1. The molecule has 14 heavy (non-hydrogen) atoms. The van der Waals surface area contributed by atoms with Crippen LogP contribution in [0.2, 0.25) is 0 Å². The maximum atomic E-state index is 13.1. The Hall–Kier alpha value is 0.0900. The molecule has 0 aliphatic carbocycles. The molecule has 0 aromatic rings. The van der Waals surface area contributed by atoms with Gasteiger partial charge in [-0.05, 0) is 17.3 Å². The summed E-state index contributed by atoms with van der Waals surface area (Å²) in [6.45, 7) is 0.260. The number of esters is 1. The number of halogens is 2. The predicted octanol–water partition coefficient (Wildman–Crippen LogP) is 1.44. The summed E-state index contributed by atoms with van der Waals surface area (Å²) in [6, 6.07) is 0. The Bertz CT molecular complexity index is 215. The van der Waals surface area contributed by atoms with E-state index in [0.717, 1.165) is 10.8 Å². The Morgan fingerprint density at radius 2 is 2.50 bits per heavy atom. The Morgan fingerprint density at radius 1 is 1.79 bits per heavy atom. The van der Waals surface area contributed by atoms with E-state index in [1.54, 1.807) is 0 Å². The third kappa shape index (κ3) is 2.56. The van der Waals surface area contributed by atoms with Crippen LogP contribution in [0.4, 0.5) is 4.39 Å². The highest BCUT2D eigenvalue weighted by Crippen LogP contribution is 2.28. The molecule has 3 nitrogen and oxygen atoms in total. The number of ether oxygens (including phenoxy) is 1. The van der Waals surface area contributed by atoms with Crippen molar-refractivity contribution in [3.8, 4) is 0 Å². The maximum Gasteiger partial charge on any atom is 0.326 e. The Morgan fingerprint density at radius 3 is 2.93 bits per heavy atom. The van der Waals surface area contributed by atoms with Crippen molar-refractivity contribution >= 4 is 28.6 Å². The van der Waals surface area contributed by atoms with Crippen LogP contribution in [0.5, 0.6) is 0 Å². The standard InChI is InChI=1S/C9H15FINO2/c1-14-8(13)9(3-2-4-11)5-7(10)6-12-9/h7,12H,2-6H2,1H3/t7?,9-/m0/s1. The average Bonchev–Trinajstić information content (AvgIpc) is 2.57. The van der Waals surface area contributed by atoms with Gasteiger partial charge in [0.15, 0.2) is 0 Å². The molecular formula is C9H15FINO2. The molecule has 1 rings (SSSR count). The Kier molecular flexibility index (Phi) is 4.56. The van der Waals surface area contributed by atoms with Crippen LogP contribution in [0.3, 0.4) is 0 Å². The lowest BCUT2D eigenvalue weighted by atomic mass is 9.92. The number of rotatable bonds is 4. The zero-order valence-electron chi connectivity index (χ0n) is 8.19.